The molecule has 4 rings (SSSR count). The molecule has 31 heavy (non-hydrogen) atoms. The molecule has 0 spiro atoms. The highest BCUT2D eigenvalue weighted by Gasteiger charge is 2.42. The highest BCUT2D eigenvalue weighted by molar-refractivity contribution is 7.99. The van der Waals surface area contributed by atoms with Gasteiger partial charge in [0, 0.05) is 37.5 Å². The number of carbonyl (C=O) groups is 2. The number of hydrogen-bond donors (Lipinski definition) is 1. The first kappa shape index (κ1) is 21.8. The van der Waals surface area contributed by atoms with Gasteiger partial charge in [-0.2, -0.15) is 0 Å². The lowest BCUT2D eigenvalue weighted by Gasteiger charge is -2.30. The first-order valence-corrected chi connectivity index (χ1v) is 11.5. The van der Waals surface area contributed by atoms with E-state index < -0.39 is 6.04 Å². The molecule has 2 atom stereocenters. The molecule has 0 saturated carbocycles. The molecule has 0 radical (unpaired) electrons. The molecule has 0 aromatic heterocycles. The van der Waals surface area contributed by atoms with E-state index in [0.29, 0.717) is 31.1 Å². The fraction of sp³-hybridized carbons (Fsp3) is 0.391. The van der Waals surface area contributed by atoms with Gasteiger partial charge in [-0.25, -0.2) is 4.39 Å². The number of nitrogens with zero attached hydrogens (tertiary/aromatic N) is 2. The Bertz CT molecular complexity index is 891. The lowest BCUT2D eigenvalue weighted by Crippen LogP contribution is -2.49. The van der Waals surface area contributed by atoms with E-state index in [1.54, 1.807) is 41.3 Å². The van der Waals surface area contributed by atoms with Gasteiger partial charge >= 0.3 is 0 Å². The van der Waals surface area contributed by atoms with E-state index in [0.717, 1.165) is 25.2 Å². The zero-order chi connectivity index (χ0) is 21.6. The molecule has 8 heteroatoms. The van der Waals surface area contributed by atoms with E-state index in [-0.39, 0.29) is 23.0 Å². The predicted molar refractivity (Wildman–Crippen MR) is 118 cm³/mol. The number of amides is 2. The van der Waals surface area contributed by atoms with Crippen LogP contribution >= 0.6 is 11.8 Å². The number of nitrogens with one attached hydrogen (secondary N) is 1. The van der Waals surface area contributed by atoms with Gasteiger partial charge in [0.1, 0.15) is 17.2 Å². The third-order valence-electron chi connectivity index (χ3n) is 5.54. The number of benzene rings is 2. The van der Waals surface area contributed by atoms with Crippen molar-refractivity contribution in [3.05, 3.63) is 71.5 Å². The molecule has 2 fully saturated rings. The number of hydrogen-bond acceptors (Lipinski definition) is 5. The SMILES string of the molecule is O=C(NCCN1CCOCC1)C1CSC(c2ccc(F)cc2)N1C(=O)c1ccccc1. The molecule has 0 aliphatic carbocycles. The maximum Gasteiger partial charge on any atom is 0.255 e. The van der Waals surface area contributed by atoms with Crippen LogP contribution in [0.1, 0.15) is 21.3 Å². The smallest absolute Gasteiger partial charge is 0.255 e. The van der Waals surface area contributed by atoms with Crippen molar-refractivity contribution in [2.75, 3.05) is 45.1 Å². The summed E-state index contributed by atoms with van der Waals surface area (Å²) in [5, 5.41) is 2.66. The van der Waals surface area contributed by atoms with Gasteiger partial charge in [-0.3, -0.25) is 14.5 Å². The van der Waals surface area contributed by atoms with E-state index in [2.05, 4.69) is 10.2 Å². The Hall–Kier alpha value is -2.42. The summed E-state index contributed by atoms with van der Waals surface area (Å²) >= 11 is 1.53. The summed E-state index contributed by atoms with van der Waals surface area (Å²) in [6.45, 7) is 4.43. The van der Waals surface area contributed by atoms with Crippen molar-refractivity contribution in [2.24, 2.45) is 0 Å². The van der Waals surface area contributed by atoms with Crippen LogP contribution < -0.4 is 5.32 Å². The number of morpholine rings is 1. The van der Waals surface area contributed by atoms with Gasteiger partial charge in [-0.15, -0.1) is 11.8 Å². The molecular formula is C23H26FN3O3S. The van der Waals surface area contributed by atoms with Crippen LogP contribution in [0.15, 0.2) is 54.6 Å². The zero-order valence-corrected chi connectivity index (χ0v) is 18.0. The molecule has 2 heterocycles. The number of thioether (sulfide) groups is 1. The van der Waals surface area contributed by atoms with Gasteiger partial charge in [0.15, 0.2) is 0 Å². The summed E-state index contributed by atoms with van der Waals surface area (Å²) in [4.78, 5) is 30.3. The molecule has 164 valence electrons. The van der Waals surface area contributed by atoms with Crippen molar-refractivity contribution in [3.8, 4) is 0 Å². The van der Waals surface area contributed by atoms with Gasteiger partial charge in [-0.05, 0) is 29.8 Å². The fourth-order valence-electron chi connectivity index (χ4n) is 3.85. The molecule has 2 aliphatic heterocycles. The minimum absolute atomic E-state index is 0.158. The second-order valence-corrected chi connectivity index (χ2v) is 8.69. The third-order valence-corrected chi connectivity index (χ3v) is 6.87. The highest BCUT2D eigenvalue weighted by Crippen LogP contribution is 2.42. The van der Waals surface area contributed by atoms with E-state index >= 15 is 0 Å². The van der Waals surface area contributed by atoms with Crippen LogP contribution in [0.4, 0.5) is 4.39 Å². The summed E-state index contributed by atoms with van der Waals surface area (Å²) in [6.07, 6.45) is 0. The quantitative estimate of drug-likeness (QED) is 0.744. The van der Waals surface area contributed by atoms with Crippen LogP contribution in [0.2, 0.25) is 0 Å². The van der Waals surface area contributed by atoms with Crippen LogP contribution in [0.3, 0.4) is 0 Å². The fourth-order valence-corrected chi connectivity index (χ4v) is 5.28. The minimum atomic E-state index is -0.586. The Kier molecular flexibility index (Phi) is 7.21. The summed E-state index contributed by atoms with van der Waals surface area (Å²) in [6, 6.07) is 14.5. The molecular weight excluding hydrogens is 417 g/mol. The molecule has 2 aliphatic rings. The zero-order valence-electron chi connectivity index (χ0n) is 17.2. The topological polar surface area (TPSA) is 61.9 Å². The van der Waals surface area contributed by atoms with Crippen LogP contribution in [-0.2, 0) is 9.53 Å². The standard InChI is InChI=1S/C23H26FN3O3S/c24-19-8-6-18(7-9-19)23-27(22(29)17-4-2-1-3-5-17)20(16-31-23)21(28)25-10-11-26-12-14-30-15-13-26/h1-9,20,23H,10-16H2,(H,25,28). The van der Waals surface area contributed by atoms with Gasteiger partial charge in [0.2, 0.25) is 5.91 Å². The Morgan fingerprint density at radius 3 is 2.48 bits per heavy atom. The third kappa shape index (κ3) is 5.26. The summed E-state index contributed by atoms with van der Waals surface area (Å²) in [7, 11) is 0. The summed E-state index contributed by atoms with van der Waals surface area (Å²) in [5.74, 6) is -0.197. The normalized spacial score (nSPS) is 21.8. The molecule has 2 aromatic rings. The minimum Gasteiger partial charge on any atom is -0.379 e. The number of carbonyl (C=O) groups excluding carboxylic acids is 2. The Balaban J connectivity index is 1.49. The molecule has 6 nitrogen and oxygen atoms in total. The van der Waals surface area contributed by atoms with E-state index in [9.17, 15) is 14.0 Å². The molecule has 0 bridgehead atoms. The van der Waals surface area contributed by atoms with Gasteiger partial charge < -0.3 is 15.0 Å². The average molecular weight is 444 g/mol. The Labute approximate surface area is 185 Å². The van der Waals surface area contributed by atoms with Crippen LogP contribution in [0.25, 0.3) is 0 Å². The van der Waals surface area contributed by atoms with E-state index in [1.165, 1.54) is 23.9 Å². The Morgan fingerprint density at radius 1 is 1.06 bits per heavy atom. The number of rotatable bonds is 6. The Morgan fingerprint density at radius 2 is 1.77 bits per heavy atom. The maximum absolute atomic E-state index is 13.4. The largest absolute Gasteiger partial charge is 0.379 e. The van der Waals surface area contributed by atoms with Gasteiger partial charge in [-0.1, -0.05) is 30.3 Å². The molecule has 2 amide bonds. The van der Waals surface area contributed by atoms with Gasteiger partial charge in [0.25, 0.3) is 5.91 Å². The van der Waals surface area contributed by atoms with E-state index in [4.69, 9.17) is 4.74 Å². The van der Waals surface area contributed by atoms with Crippen molar-refractivity contribution in [2.45, 2.75) is 11.4 Å². The monoisotopic (exact) mass is 443 g/mol. The number of ether oxygens (including phenoxy) is 1. The van der Waals surface area contributed by atoms with Crippen molar-refractivity contribution in [3.63, 3.8) is 0 Å². The van der Waals surface area contributed by atoms with Gasteiger partial charge in [0.05, 0.1) is 13.2 Å². The van der Waals surface area contributed by atoms with Crippen molar-refractivity contribution in [1.29, 1.82) is 0 Å². The first-order valence-electron chi connectivity index (χ1n) is 10.5. The summed E-state index contributed by atoms with van der Waals surface area (Å²) < 4.78 is 18.8. The second-order valence-electron chi connectivity index (χ2n) is 7.58. The lowest BCUT2D eigenvalue weighted by atomic mass is 10.1. The van der Waals surface area contributed by atoms with Crippen molar-refractivity contribution >= 4 is 23.6 Å². The molecule has 2 saturated heterocycles. The highest BCUT2D eigenvalue weighted by atomic mass is 32.2. The number of halogens is 1. The van der Waals surface area contributed by atoms with E-state index in [1.807, 2.05) is 6.07 Å². The van der Waals surface area contributed by atoms with Crippen molar-refractivity contribution in [1.82, 2.24) is 15.1 Å². The molecule has 1 N–H and O–H groups in total. The van der Waals surface area contributed by atoms with Crippen molar-refractivity contribution < 1.29 is 18.7 Å². The molecule has 2 aromatic carbocycles. The second kappa shape index (κ2) is 10.3. The predicted octanol–water partition coefficient (Wildman–Crippen LogP) is 2.53. The average Bonchev–Trinajstić information content (AvgIpc) is 3.25. The maximum atomic E-state index is 13.4. The van der Waals surface area contributed by atoms with Crippen LogP contribution in [0, 0.1) is 5.82 Å². The van der Waals surface area contributed by atoms with Crippen LogP contribution in [0.5, 0.6) is 0 Å². The summed E-state index contributed by atoms with van der Waals surface area (Å²) in [5.41, 5.74) is 1.34. The first-order chi connectivity index (χ1) is 15.1. The molecule has 2 unspecified atom stereocenters. The lowest BCUT2D eigenvalue weighted by molar-refractivity contribution is -0.124. The van der Waals surface area contributed by atoms with Crippen LogP contribution in [-0.4, -0.2) is 72.8 Å².